The van der Waals surface area contributed by atoms with Gasteiger partial charge in [-0.05, 0) is 0 Å². The molecule has 0 spiro atoms. The molecule has 0 fully saturated rings. The number of hydrogen-bond donors (Lipinski definition) is 2. The molecule has 0 amide bonds. The first kappa shape index (κ1) is 11.9. The Morgan fingerprint density at radius 3 is 2.31 bits per heavy atom. The summed E-state index contributed by atoms with van der Waals surface area (Å²) in [5.74, 6) is -1.81. The van der Waals surface area contributed by atoms with Gasteiger partial charge in [-0.3, -0.25) is 0 Å². The fourth-order valence-electron chi connectivity index (χ4n) is 0.348. The number of rotatable bonds is 3. The van der Waals surface area contributed by atoms with Crippen molar-refractivity contribution in [3.05, 3.63) is 12.2 Å². The standard InChI is InChI=1S/C6H7F3O4/c1-3(6(7,8)9)5(12)13-4(11)2-10/h4,10-11H,1-2H2. The van der Waals surface area contributed by atoms with Crippen LogP contribution in [0.2, 0.25) is 0 Å². The van der Waals surface area contributed by atoms with Crippen LogP contribution in [0.1, 0.15) is 0 Å². The number of esters is 1. The second-order valence-electron chi connectivity index (χ2n) is 2.02. The highest BCUT2D eigenvalue weighted by molar-refractivity contribution is 5.89. The average Bonchev–Trinajstić information content (AvgIpc) is 2.01. The number of alkyl halides is 3. The van der Waals surface area contributed by atoms with Gasteiger partial charge >= 0.3 is 12.1 Å². The molecule has 2 N–H and O–H groups in total. The summed E-state index contributed by atoms with van der Waals surface area (Å²) >= 11 is 0. The minimum atomic E-state index is -4.90. The minimum Gasteiger partial charge on any atom is -0.430 e. The predicted molar refractivity (Wildman–Crippen MR) is 34.4 cm³/mol. The summed E-state index contributed by atoms with van der Waals surface area (Å²) in [7, 11) is 0. The van der Waals surface area contributed by atoms with Gasteiger partial charge in [-0.2, -0.15) is 13.2 Å². The molecule has 0 aliphatic heterocycles. The third-order valence-corrected chi connectivity index (χ3v) is 0.988. The predicted octanol–water partition coefficient (Wildman–Crippen LogP) is -0.0412. The fourth-order valence-corrected chi connectivity index (χ4v) is 0.348. The van der Waals surface area contributed by atoms with E-state index in [9.17, 15) is 18.0 Å². The van der Waals surface area contributed by atoms with E-state index in [1.165, 1.54) is 0 Å². The molecule has 0 aliphatic rings. The van der Waals surface area contributed by atoms with Crippen molar-refractivity contribution < 1.29 is 32.9 Å². The third-order valence-electron chi connectivity index (χ3n) is 0.988. The maximum absolute atomic E-state index is 11.7. The summed E-state index contributed by atoms with van der Waals surface area (Å²) in [6.45, 7) is 1.45. The number of ether oxygens (including phenoxy) is 1. The van der Waals surface area contributed by atoms with Gasteiger partial charge in [0.15, 0.2) is 0 Å². The van der Waals surface area contributed by atoms with Crippen molar-refractivity contribution in [2.24, 2.45) is 0 Å². The molecule has 0 saturated carbocycles. The highest BCUT2D eigenvalue weighted by atomic mass is 19.4. The van der Waals surface area contributed by atoms with Gasteiger partial charge < -0.3 is 14.9 Å². The third kappa shape index (κ3) is 3.90. The molecule has 7 heteroatoms. The van der Waals surface area contributed by atoms with Gasteiger partial charge in [0, 0.05) is 0 Å². The summed E-state index contributed by atoms with van der Waals surface area (Å²) in [4.78, 5) is 10.4. The van der Waals surface area contributed by atoms with Crippen LogP contribution in [0.4, 0.5) is 13.2 Å². The molecule has 1 unspecified atom stereocenters. The molecule has 0 radical (unpaired) electrons. The highest BCUT2D eigenvalue weighted by Gasteiger charge is 2.38. The van der Waals surface area contributed by atoms with E-state index in [2.05, 4.69) is 11.3 Å². The van der Waals surface area contributed by atoms with Crippen LogP contribution in [0, 0.1) is 0 Å². The van der Waals surface area contributed by atoms with Crippen LogP contribution in [-0.4, -0.2) is 35.3 Å². The van der Waals surface area contributed by atoms with E-state index in [0.29, 0.717) is 0 Å². The molecule has 0 bridgehead atoms. The maximum atomic E-state index is 11.7. The van der Waals surface area contributed by atoms with Gasteiger partial charge in [0.1, 0.15) is 12.2 Å². The Morgan fingerprint density at radius 1 is 1.54 bits per heavy atom. The van der Waals surface area contributed by atoms with Crippen molar-refractivity contribution in [3.8, 4) is 0 Å². The summed E-state index contributed by atoms with van der Waals surface area (Å²) in [6.07, 6.45) is -6.86. The van der Waals surface area contributed by atoms with Crippen LogP contribution in [0.3, 0.4) is 0 Å². The topological polar surface area (TPSA) is 66.8 Å². The van der Waals surface area contributed by atoms with Gasteiger partial charge in [-0.25, -0.2) is 4.79 Å². The van der Waals surface area contributed by atoms with Gasteiger partial charge in [0.2, 0.25) is 6.29 Å². The summed E-state index contributed by atoms with van der Waals surface area (Å²) in [5, 5.41) is 16.6. The summed E-state index contributed by atoms with van der Waals surface area (Å²) in [5.41, 5.74) is -1.74. The van der Waals surface area contributed by atoms with Crippen LogP contribution in [0.15, 0.2) is 12.2 Å². The van der Waals surface area contributed by atoms with E-state index >= 15 is 0 Å². The molecule has 0 rings (SSSR count). The molecule has 0 saturated heterocycles. The summed E-state index contributed by atoms with van der Waals surface area (Å²) in [6, 6.07) is 0. The van der Waals surface area contributed by atoms with E-state index in [4.69, 9.17) is 10.2 Å². The Labute approximate surface area is 71.2 Å². The number of hydrogen-bond acceptors (Lipinski definition) is 4. The molecular weight excluding hydrogens is 193 g/mol. The Balaban J connectivity index is 4.21. The zero-order valence-electron chi connectivity index (χ0n) is 6.34. The van der Waals surface area contributed by atoms with Crippen LogP contribution < -0.4 is 0 Å². The Morgan fingerprint density at radius 2 is 2.00 bits per heavy atom. The smallest absolute Gasteiger partial charge is 0.422 e. The molecule has 76 valence electrons. The molecule has 0 aliphatic carbocycles. The quantitative estimate of drug-likeness (QED) is 0.381. The molecule has 0 aromatic rings. The number of halogens is 3. The maximum Gasteiger partial charge on any atom is 0.422 e. The lowest BCUT2D eigenvalue weighted by Gasteiger charge is -2.12. The Kier molecular flexibility index (Phi) is 3.89. The van der Waals surface area contributed by atoms with Gasteiger partial charge in [-0.15, -0.1) is 0 Å². The van der Waals surface area contributed by atoms with Crippen LogP contribution in [0.5, 0.6) is 0 Å². The van der Waals surface area contributed by atoms with Crippen molar-refractivity contribution >= 4 is 5.97 Å². The fraction of sp³-hybridized carbons (Fsp3) is 0.500. The number of aliphatic hydroxyl groups excluding tert-OH is 2. The van der Waals surface area contributed by atoms with Crippen molar-refractivity contribution in [1.29, 1.82) is 0 Å². The molecular formula is C6H7F3O4. The van der Waals surface area contributed by atoms with E-state index in [-0.39, 0.29) is 0 Å². The lowest BCUT2D eigenvalue weighted by atomic mass is 10.3. The minimum absolute atomic E-state index is 0.975. The second kappa shape index (κ2) is 4.24. The molecule has 0 aromatic heterocycles. The Bertz CT molecular complexity index is 210. The van der Waals surface area contributed by atoms with Crippen molar-refractivity contribution in [2.75, 3.05) is 6.61 Å². The van der Waals surface area contributed by atoms with E-state index in [1.54, 1.807) is 0 Å². The van der Waals surface area contributed by atoms with Crippen LogP contribution >= 0.6 is 0 Å². The van der Waals surface area contributed by atoms with E-state index in [1.807, 2.05) is 0 Å². The number of carbonyl (C=O) groups excluding carboxylic acids is 1. The first-order valence-corrected chi connectivity index (χ1v) is 3.05. The first-order valence-electron chi connectivity index (χ1n) is 3.05. The number of aliphatic hydroxyl groups is 2. The van der Waals surface area contributed by atoms with E-state index in [0.717, 1.165) is 0 Å². The molecule has 1 atom stereocenters. The first-order chi connectivity index (χ1) is 5.79. The van der Waals surface area contributed by atoms with Crippen molar-refractivity contribution in [1.82, 2.24) is 0 Å². The zero-order valence-corrected chi connectivity index (χ0v) is 6.34. The van der Waals surface area contributed by atoms with Crippen LogP contribution in [-0.2, 0) is 9.53 Å². The normalized spacial score (nSPS) is 13.6. The highest BCUT2D eigenvalue weighted by Crippen LogP contribution is 2.24. The van der Waals surface area contributed by atoms with Gasteiger partial charge in [-0.1, -0.05) is 6.58 Å². The van der Waals surface area contributed by atoms with Gasteiger partial charge in [0.25, 0.3) is 0 Å². The average molecular weight is 200 g/mol. The molecule has 0 heterocycles. The molecule has 13 heavy (non-hydrogen) atoms. The zero-order chi connectivity index (χ0) is 10.6. The Hall–Kier alpha value is -1.08. The summed E-state index contributed by atoms with van der Waals surface area (Å²) < 4.78 is 38.9. The SMILES string of the molecule is C=C(C(=O)OC(O)CO)C(F)(F)F. The largest absolute Gasteiger partial charge is 0.430 e. The van der Waals surface area contributed by atoms with Crippen molar-refractivity contribution in [2.45, 2.75) is 12.5 Å². The van der Waals surface area contributed by atoms with E-state index < -0.39 is 30.6 Å². The molecule has 0 aromatic carbocycles. The molecule has 4 nitrogen and oxygen atoms in total. The lowest BCUT2D eigenvalue weighted by Crippen LogP contribution is -2.27. The second-order valence-corrected chi connectivity index (χ2v) is 2.02. The monoisotopic (exact) mass is 200 g/mol. The van der Waals surface area contributed by atoms with Crippen LogP contribution in [0.25, 0.3) is 0 Å². The van der Waals surface area contributed by atoms with Gasteiger partial charge in [0.05, 0.1) is 0 Å². The lowest BCUT2D eigenvalue weighted by molar-refractivity contribution is -0.177. The number of carbonyl (C=O) groups is 1. The van der Waals surface area contributed by atoms with Crippen molar-refractivity contribution in [3.63, 3.8) is 0 Å².